The number of carbonyl (C=O) groups is 1. The van der Waals surface area contributed by atoms with E-state index in [9.17, 15) is 9.18 Å². The largest absolute Gasteiger partial charge is 0.450 e. The molecule has 0 aliphatic rings. The number of hydrogen-bond acceptors (Lipinski definition) is 3. The van der Waals surface area contributed by atoms with Gasteiger partial charge in [-0.05, 0) is 26.0 Å². The summed E-state index contributed by atoms with van der Waals surface area (Å²) >= 11 is 0. The molecular formula is C15H18FNO2. The van der Waals surface area contributed by atoms with Gasteiger partial charge in [0.2, 0.25) is 5.78 Å². The van der Waals surface area contributed by atoms with E-state index in [2.05, 4.69) is 0 Å². The molecule has 0 unspecified atom stereocenters. The van der Waals surface area contributed by atoms with Gasteiger partial charge in [-0.3, -0.25) is 4.79 Å². The Kier molecular flexibility index (Phi) is 3.01. The topological polar surface area (TPSA) is 56.2 Å². The average Bonchev–Trinajstić information content (AvgIpc) is 2.71. The van der Waals surface area contributed by atoms with Crippen LogP contribution in [0.15, 0.2) is 28.7 Å². The third-order valence-corrected chi connectivity index (χ3v) is 3.90. The quantitative estimate of drug-likeness (QED) is 0.862. The van der Waals surface area contributed by atoms with Crippen LogP contribution in [0.25, 0.3) is 11.0 Å². The molecule has 1 aromatic carbocycles. The first-order valence-corrected chi connectivity index (χ1v) is 6.16. The minimum Gasteiger partial charge on any atom is -0.450 e. The predicted octanol–water partition coefficient (Wildman–Crippen LogP) is 3.52. The van der Waals surface area contributed by atoms with E-state index in [1.165, 1.54) is 6.07 Å². The Hall–Kier alpha value is -1.68. The maximum atomic E-state index is 13.6. The van der Waals surface area contributed by atoms with Gasteiger partial charge < -0.3 is 10.2 Å². The van der Waals surface area contributed by atoms with Crippen LogP contribution >= 0.6 is 0 Å². The lowest BCUT2D eigenvalue weighted by atomic mass is 9.71. The van der Waals surface area contributed by atoms with Gasteiger partial charge in [-0.15, -0.1) is 0 Å². The van der Waals surface area contributed by atoms with Crippen molar-refractivity contribution in [1.82, 2.24) is 0 Å². The first-order chi connectivity index (χ1) is 8.64. The molecule has 1 aromatic heterocycles. The Morgan fingerprint density at radius 3 is 2.42 bits per heavy atom. The molecule has 2 aromatic rings. The number of rotatable bonds is 3. The summed E-state index contributed by atoms with van der Waals surface area (Å²) < 4.78 is 18.9. The third-order valence-electron chi connectivity index (χ3n) is 3.90. The first kappa shape index (κ1) is 13.7. The molecule has 4 heteroatoms. The highest BCUT2D eigenvalue weighted by molar-refractivity contribution is 6.01. The summed E-state index contributed by atoms with van der Waals surface area (Å²) in [4.78, 5) is 12.5. The number of hydrogen-bond donors (Lipinski definition) is 1. The van der Waals surface area contributed by atoms with Crippen LogP contribution in [0.3, 0.4) is 0 Å². The SMILES string of the molecule is CC(C)(N)C(C)(C)C(=O)c1cc2cccc(F)c2o1. The first-order valence-electron chi connectivity index (χ1n) is 6.16. The van der Waals surface area contributed by atoms with Crippen molar-refractivity contribution in [2.75, 3.05) is 0 Å². The summed E-state index contributed by atoms with van der Waals surface area (Å²) in [5.74, 6) is -0.555. The molecule has 0 saturated heterocycles. The van der Waals surface area contributed by atoms with Gasteiger partial charge >= 0.3 is 0 Å². The zero-order valence-electron chi connectivity index (χ0n) is 11.6. The minimum atomic E-state index is -0.808. The van der Waals surface area contributed by atoms with E-state index in [0.717, 1.165) is 0 Å². The van der Waals surface area contributed by atoms with Crippen LogP contribution in [0, 0.1) is 11.2 Å². The van der Waals surface area contributed by atoms with Gasteiger partial charge in [-0.2, -0.15) is 0 Å². The smallest absolute Gasteiger partial charge is 0.205 e. The number of carbonyl (C=O) groups excluding carboxylic acids is 1. The standard InChI is InChI=1S/C15H18FNO2/c1-14(2,15(3,4)17)13(18)11-8-9-6-5-7-10(16)12(9)19-11/h5-8H,17H2,1-4H3. The molecule has 19 heavy (non-hydrogen) atoms. The fourth-order valence-electron chi connectivity index (χ4n) is 1.74. The van der Waals surface area contributed by atoms with E-state index in [1.54, 1.807) is 45.9 Å². The van der Waals surface area contributed by atoms with Crippen LogP contribution in [0.5, 0.6) is 0 Å². The van der Waals surface area contributed by atoms with E-state index < -0.39 is 16.8 Å². The molecule has 0 fully saturated rings. The lowest BCUT2D eigenvalue weighted by molar-refractivity contribution is 0.0706. The van der Waals surface area contributed by atoms with Crippen LogP contribution in [0.1, 0.15) is 38.2 Å². The summed E-state index contributed by atoms with van der Waals surface area (Å²) in [5, 5.41) is 0.578. The maximum Gasteiger partial charge on any atom is 0.205 e. The molecular weight excluding hydrogens is 245 g/mol. The van der Waals surface area contributed by atoms with Crippen LogP contribution in [0.2, 0.25) is 0 Å². The average molecular weight is 263 g/mol. The Labute approximate surface area is 111 Å². The van der Waals surface area contributed by atoms with Crippen molar-refractivity contribution in [3.63, 3.8) is 0 Å². The predicted molar refractivity (Wildman–Crippen MR) is 72.5 cm³/mol. The van der Waals surface area contributed by atoms with Crippen LogP contribution in [0.4, 0.5) is 4.39 Å². The Bertz CT molecular complexity index is 635. The number of nitrogens with two attached hydrogens (primary N) is 1. The van der Waals surface area contributed by atoms with E-state index in [1.807, 2.05) is 0 Å². The summed E-state index contributed by atoms with van der Waals surface area (Å²) in [7, 11) is 0. The van der Waals surface area contributed by atoms with Crippen LogP contribution < -0.4 is 5.73 Å². The van der Waals surface area contributed by atoms with E-state index in [4.69, 9.17) is 10.2 Å². The van der Waals surface area contributed by atoms with Crippen molar-refractivity contribution in [2.45, 2.75) is 33.2 Å². The van der Waals surface area contributed by atoms with Crippen molar-refractivity contribution >= 4 is 16.8 Å². The van der Waals surface area contributed by atoms with Crippen molar-refractivity contribution in [2.24, 2.45) is 11.1 Å². The molecule has 0 amide bonds. The molecule has 0 radical (unpaired) electrons. The Balaban J connectivity index is 2.51. The summed E-state index contributed by atoms with van der Waals surface area (Å²) in [6, 6.07) is 6.16. The number of fused-ring (bicyclic) bond motifs is 1. The van der Waals surface area contributed by atoms with Crippen molar-refractivity contribution in [1.29, 1.82) is 0 Å². The van der Waals surface area contributed by atoms with Gasteiger partial charge in [0.15, 0.2) is 17.2 Å². The Morgan fingerprint density at radius 2 is 1.89 bits per heavy atom. The molecule has 102 valence electrons. The number of benzene rings is 1. The maximum absolute atomic E-state index is 13.6. The molecule has 0 saturated carbocycles. The lowest BCUT2D eigenvalue weighted by Gasteiger charge is -2.36. The second kappa shape index (κ2) is 4.17. The number of Topliss-reactive ketones (excluding diaryl/α,β-unsaturated/α-hetero) is 1. The van der Waals surface area contributed by atoms with Crippen molar-refractivity contribution < 1.29 is 13.6 Å². The normalized spacial score (nSPS) is 12.9. The molecule has 2 rings (SSSR count). The molecule has 2 N–H and O–H groups in total. The number of ketones is 1. The van der Waals surface area contributed by atoms with Gasteiger partial charge in [-0.1, -0.05) is 26.0 Å². The summed E-state index contributed by atoms with van der Waals surface area (Å²) in [6.07, 6.45) is 0. The molecule has 3 nitrogen and oxygen atoms in total. The van der Waals surface area contributed by atoms with Crippen molar-refractivity contribution in [3.05, 3.63) is 35.8 Å². The fourth-order valence-corrected chi connectivity index (χ4v) is 1.74. The van der Waals surface area contributed by atoms with Gasteiger partial charge in [-0.25, -0.2) is 4.39 Å². The summed E-state index contributed by atoms with van der Waals surface area (Å²) in [5.41, 5.74) is 4.63. The monoisotopic (exact) mass is 263 g/mol. The van der Waals surface area contributed by atoms with Crippen molar-refractivity contribution in [3.8, 4) is 0 Å². The minimum absolute atomic E-state index is 0.108. The highest BCUT2D eigenvalue weighted by Crippen LogP contribution is 2.34. The fraction of sp³-hybridized carbons (Fsp3) is 0.400. The second-order valence-electron chi connectivity index (χ2n) is 5.94. The van der Waals surface area contributed by atoms with E-state index in [0.29, 0.717) is 5.39 Å². The molecule has 0 aliphatic carbocycles. The third kappa shape index (κ3) is 2.16. The molecule has 0 bridgehead atoms. The van der Waals surface area contributed by atoms with Gasteiger partial charge in [0.1, 0.15) is 0 Å². The highest BCUT2D eigenvalue weighted by atomic mass is 19.1. The van der Waals surface area contributed by atoms with Crippen LogP contribution in [-0.2, 0) is 0 Å². The molecule has 1 heterocycles. The molecule has 0 aliphatic heterocycles. The Morgan fingerprint density at radius 1 is 1.26 bits per heavy atom. The zero-order valence-corrected chi connectivity index (χ0v) is 11.6. The van der Waals surface area contributed by atoms with Gasteiger partial charge in [0.05, 0.1) is 0 Å². The van der Waals surface area contributed by atoms with E-state index >= 15 is 0 Å². The number of furan rings is 1. The molecule has 0 spiro atoms. The lowest BCUT2D eigenvalue weighted by Crippen LogP contribution is -2.51. The second-order valence-corrected chi connectivity index (χ2v) is 5.94. The zero-order chi connectivity index (χ0) is 14.4. The number of halogens is 1. The summed E-state index contributed by atoms with van der Waals surface area (Å²) in [6.45, 7) is 7.10. The van der Waals surface area contributed by atoms with Crippen LogP contribution in [-0.4, -0.2) is 11.3 Å². The molecule has 0 atom stereocenters. The highest BCUT2D eigenvalue weighted by Gasteiger charge is 2.42. The van der Waals surface area contributed by atoms with Gasteiger partial charge in [0.25, 0.3) is 0 Å². The number of para-hydroxylation sites is 1. The van der Waals surface area contributed by atoms with E-state index in [-0.39, 0.29) is 17.1 Å². The van der Waals surface area contributed by atoms with Gasteiger partial charge in [0, 0.05) is 16.3 Å².